The quantitative estimate of drug-likeness (QED) is 0.517. The van der Waals surface area contributed by atoms with Crippen molar-refractivity contribution in [1.82, 2.24) is 5.32 Å². The molecule has 27 heavy (non-hydrogen) atoms. The van der Waals surface area contributed by atoms with E-state index in [9.17, 15) is 14.4 Å². The minimum Gasteiger partial charge on any atom is -0.467 e. The van der Waals surface area contributed by atoms with Crippen LogP contribution in [0.25, 0.3) is 0 Å². The molecule has 8 heteroatoms. The largest absolute Gasteiger partial charge is 0.467 e. The van der Waals surface area contributed by atoms with Crippen LogP contribution in [0.4, 0.5) is 4.79 Å². The Morgan fingerprint density at radius 3 is 2.37 bits per heavy atom. The number of alkyl carbamates (subject to hydrolysis) is 1. The topological polar surface area (TPSA) is 100 Å². The van der Waals surface area contributed by atoms with Gasteiger partial charge in [0.25, 0.3) is 0 Å². The molecule has 8 nitrogen and oxygen atoms in total. The molecule has 0 spiro atoms. The van der Waals surface area contributed by atoms with Crippen molar-refractivity contribution in [2.45, 2.75) is 51.0 Å². The van der Waals surface area contributed by atoms with Crippen molar-refractivity contribution in [3.05, 3.63) is 35.9 Å². The first-order valence-corrected chi connectivity index (χ1v) is 8.82. The van der Waals surface area contributed by atoms with E-state index in [0.29, 0.717) is 12.8 Å². The van der Waals surface area contributed by atoms with Crippen molar-refractivity contribution in [2.24, 2.45) is 0 Å². The number of carbonyl (C=O) groups excluding carboxylic acids is 3. The average Bonchev–Trinajstić information content (AvgIpc) is 3.45. The number of benzene rings is 1. The lowest BCUT2D eigenvalue weighted by Crippen LogP contribution is -2.51. The van der Waals surface area contributed by atoms with Crippen molar-refractivity contribution in [3.63, 3.8) is 0 Å². The number of carbonyl (C=O) groups is 3. The van der Waals surface area contributed by atoms with E-state index in [1.165, 1.54) is 7.11 Å². The summed E-state index contributed by atoms with van der Waals surface area (Å²) < 4.78 is 20.6. The van der Waals surface area contributed by atoms with Crippen molar-refractivity contribution < 1.29 is 33.3 Å². The monoisotopic (exact) mass is 379 g/mol. The van der Waals surface area contributed by atoms with E-state index >= 15 is 0 Å². The molecule has 1 aliphatic carbocycles. The summed E-state index contributed by atoms with van der Waals surface area (Å²) >= 11 is 0. The Morgan fingerprint density at radius 1 is 1.15 bits per heavy atom. The highest BCUT2D eigenvalue weighted by Crippen LogP contribution is 2.42. The summed E-state index contributed by atoms with van der Waals surface area (Å²) in [5.41, 5.74) is -0.247. The molecule has 0 saturated heterocycles. The lowest BCUT2D eigenvalue weighted by molar-refractivity contribution is -0.168. The van der Waals surface area contributed by atoms with Gasteiger partial charge in [0, 0.05) is 0 Å². The van der Waals surface area contributed by atoms with E-state index in [1.54, 1.807) is 13.8 Å². The van der Waals surface area contributed by atoms with E-state index < -0.39 is 35.8 Å². The molecule has 2 atom stereocenters. The maximum Gasteiger partial charge on any atom is 0.408 e. The molecule has 0 aromatic heterocycles. The van der Waals surface area contributed by atoms with Gasteiger partial charge in [-0.2, -0.15) is 0 Å². The average molecular weight is 379 g/mol. The highest BCUT2D eigenvalue weighted by molar-refractivity contribution is 5.84. The Labute approximate surface area is 158 Å². The smallest absolute Gasteiger partial charge is 0.408 e. The fourth-order valence-electron chi connectivity index (χ4n) is 2.56. The Bertz CT molecular complexity index is 657. The molecule has 1 saturated carbocycles. The number of hydrogen-bond acceptors (Lipinski definition) is 7. The molecular weight excluding hydrogens is 354 g/mol. The second-order valence-electron chi connectivity index (χ2n) is 6.24. The molecule has 1 N–H and O–H groups in total. The van der Waals surface area contributed by atoms with E-state index in [2.05, 4.69) is 5.32 Å². The van der Waals surface area contributed by atoms with Gasteiger partial charge in [0.15, 0.2) is 11.6 Å². The van der Waals surface area contributed by atoms with Crippen LogP contribution in [-0.4, -0.2) is 49.5 Å². The summed E-state index contributed by atoms with van der Waals surface area (Å²) in [6.07, 6.45) is -0.593. The molecule has 1 aliphatic rings. The number of rotatable bonds is 9. The fraction of sp³-hybridized carbons (Fsp3) is 0.526. The first kappa shape index (κ1) is 20.7. The van der Waals surface area contributed by atoms with Crippen LogP contribution in [0, 0.1) is 0 Å². The number of nitrogens with one attached hydrogen (secondary N) is 1. The third-order valence-corrected chi connectivity index (χ3v) is 4.17. The Balaban J connectivity index is 1.94. The number of amides is 1. The van der Waals surface area contributed by atoms with Gasteiger partial charge in [-0.05, 0) is 32.3 Å². The van der Waals surface area contributed by atoms with Gasteiger partial charge in [-0.3, -0.25) is 0 Å². The number of hydrogen-bond donors (Lipinski definition) is 1. The zero-order valence-electron chi connectivity index (χ0n) is 15.7. The van der Waals surface area contributed by atoms with E-state index in [0.717, 1.165) is 5.56 Å². The van der Waals surface area contributed by atoms with Crippen molar-refractivity contribution in [2.75, 3.05) is 13.7 Å². The number of esters is 2. The van der Waals surface area contributed by atoms with Crippen molar-refractivity contribution in [3.8, 4) is 0 Å². The molecule has 148 valence electrons. The molecule has 0 bridgehead atoms. The summed E-state index contributed by atoms with van der Waals surface area (Å²) in [4.78, 5) is 36.2. The van der Waals surface area contributed by atoms with Crippen LogP contribution in [0.1, 0.15) is 32.3 Å². The first-order valence-electron chi connectivity index (χ1n) is 8.82. The Morgan fingerprint density at radius 2 is 1.81 bits per heavy atom. The highest BCUT2D eigenvalue weighted by Gasteiger charge is 2.55. The van der Waals surface area contributed by atoms with Crippen LogP contribution < -0.4 is 5.32 Å². The van der Waals surface area contributed by atoms with Crippen LogP contribution in [0.2, 0.25) is 0 Å². The van der Waals surface area contributed by atoms with Crippen LogP contribution in [-0.2, 0) is 35.1 Å². The van der Waals surface area contributed by atoms with Crippen LogP contribution >= 0.6 is 0 Å². The van der Waals surface area contributed by atoms with E-state index in [1.807, 2.05) is 30.3 Å². The second-order valence-corrected chi connectivity index (χ2v) is 6.24. The van der Waals surface area contributed by atoms with Crippen molar-refractivity contribution >= 4 is 18.0 Å². The summed E-state index contributed by atoms with van der Waals surface area (Å²) in [6, 6.07) is 8.01. The van der Waals surface area contributed by atoms with Gasteiger partial charge < -0.3 is 24.3 Å². The molecule has 1 aromatic carbocycles. The molecule has 0 heterocycles. The summed E-state index contributed by atoms with van der Waals surface area (Å²) in [5, 5.41) is 2.45. The van der Waals surface area contributed by atoms with Gasteiger partial charge in [-0.1, -0.05) is 30.3 Å². The minimum absolute atomic E-state index is 0.0581. The second kappa shape index (κ2) is 9.36. The molecule has 2 rings (SSSR count). The zero-order valence-corrected chi connectivity index (χ0v) is 15.7. The summed E-state index contributed by atoms with van der Waals surface area (Å²) in [7, 11) is 1.21. The third kappa shape index (κ3) is 5.68. The van der Waals surface area contributed by atoms with E-state index in [4.69, 9.17) is 18.9 Å². The lowest BCUT2D eigenvalue weighted by atomic mass is 10.1. The van der Waals surface area contributed by atoms with Crippen LogP contribution in [0.15, 0.2) is 30.3 Å². The van der Waals surface area contributed by atoms with Gasteiger partial charge in [-0.25, -0.2) is 14.4 Å². The third-order valence-electron chi connectivity index (χ3n) is 4.17. The number of ether oxygens (including phenoxy) is 4. The van der Waals surface area contributed by atoms with Gasteiger partial charge in [0.05, 0.1) is 19.8 Å². The van der Waals surface area contributed by atoms with Gasteiger partial charge >= 0.3 is 18.0 Å². The van der Waals surface area contributed by atoms with Crippen LogP contribution in [0.5, 0.6) is 0 Å². The lowest BCUT2D eigenvalue weighted by Gasteiger charge is -2.26. The molecule has 1 fully saturated rings. The standard InChI is InChI=1S/C19H25NO7/c1-4-25-17(22)19(10-11-19)27-13(2)15(16(21)24-3)20-18(23)26-12-14-8-6-5-7-9-14/h5-9,13,15H,4,10-12H2,1-3H3,(H,20,23)/t13-,15+/m1/s1. The normalized spacial score (nSPS) is 16.6. The number of methoxy groups -OCH3 is 1. The zero-order chi connectivity index (χ0) is 19.9. The summed E-state index contributed by atoms with van der Waals surface area (Å²) in [6.45, 7) is 3.59. The van der Waals surface area contributed by atoms with Gasteiger partial charge in [0.1, 0.15) is 6.61 Å². The molecule has 0 aliphatic heterocycles. The highest BCUT2D eigenvalue weighted by atomic mass is 16.6. The van der Waals surface area contributed by atoms with E-state index in [-0.39, 0.29) is 13.2 Å². The molecular formula is C19H25NO7. The van der Waals surface area contributed by atoms with Gasteiger partial charge in [-0.15, -0.1) is 0 Å². The maximum atomic E-state index is 12.1. The van der Waals surface area contributed by atoms with Crippen molar-refractivity contribution in [1.29, 1.82) is 0 Å². The molecule has 0 unspecified atom stereocenters. The fourth-order valence-corrected chi connectivity index (χ4v) is 2.56. The predicted molar refractivity (Wildman–Crippen MR) is 94.7 cm³/mol. The molecule has 1 amide bonds. The Hall–Kier alpha value is -2.61. The first-order chi connectivity index (χ1) is 12.9. The molecule has 0 radical (unpaired) electrons. The SMILES string of the molecule is CCOC(=O)C1(O[C@H](C)[C@H](NC(=O)OCc2ccccc2)C(=O)OC)CC1. The van der Waals surface area contributed by atoms with Gasteiger partial charge in [0.2, 0.25) is 0 Å². The minimum atomic E-state index is -1.12. The predicted octanol–water partition coefficient (Wildman–Crippen LogP) is 1.96. The Kier molecular flexibility index (Phi) is 7.18. The van der Waals surface area contributed by atoms with Crippen LogP contribution in [0.3, 0.4) is 0 Å². The summed E-state index contributed by atoms with van der Waals surface area (Å²) in [5.74, 6) is -1.16. The maximum absolute atomic E-state index is 12.1. The molecule has 1 aromatic rings.